The van der Waals surface area contributed by atoms with Gasteiger partial charge in [-0.2, -0.15) is 4.31 Å². The number of nitrogens with zero attached hydrogens (tertiary/aromatic N) is 2. The van der Waals surface area contributed by atoms with E-state index in [-0.39, 0.29) is 18.0 Å². The molecule has 2 aliphatic heterocycles. The zero-order valence-corrected chi connectivity index (χ0v) is 20.8. The molecule has 35 heavy (non-hydrogen) atoms. The molecule has 3 amide bonds. The Bertz CT molecular complexity index is 1090. The average molecular weight is 499 g/mol. The van der Waals surface area contributed by atoms with Crippen LogP contribution in [0.3, 0.4) is 0 Å². The van der Waals surface area contributed by atoms with E-state index in [1.807, 2.05) is 30.3 Å². The maximum Gasteiger partial charge on any atom is 0.321 e. The molecule has 0 atom stereocenters. The molecule has 2 fully saturated rings. The van der Waals surface area contributed by atoms with E-state index in [4.69, 9.17) is 0 Å². The molecule has 2 heterocycles. The third-order valence-electron chi connectivity index (χ3n) is 6.69. The number of likely N-dealkylation sites (tertiary alicyclic amines) is 1. The first-order chi connectivity index (χ1) is 16.9. The molecular weight excluding hydrogens is 464 g/mol. The normalized spacial score (nSPS) is 17.7. The minimum atomic E-state index is -3.44. The number of aryl methyl sites for hydroxylation is 1. The fraction of sp³-hybridized carbons (Fsp3) is 0.462. The number of nitrogens with one attached hydrogen (secondary N) is 2. The Balaban J connectivity index is 1.19. The zero-order valence-electron chi connectivity index (χ0n) is 20.0. The van der Waals surface area contributed by atoms with Crippen LogP contribution >= 0.6 is 0 Å². The Morgan fingerprint density at radius 3 is 2.17 bits per heavy atom. The molecule has 9 heteroatoms. The highest BCUT2D eigenvalue weighted by molar-refractivity contribution is 7.89. The lowest BCUT2D eigenvalue weighted by atomic mass is 10.0. The summed E-state index contributed by atoms with van der Waals surface area (Å²) in [5, 5.41) is 5.97. The largest absolute Gasteiger partial charge is 0.353 e. The van der Waals surface area contributed by atoms with E-state index in [9.17, 15) is 18.0 Å². The van der Waals surface area contributed by atoms with Crippen LogP contribution in [0.1, 0.15) is 44.1 Å². The summed E-state index contributed by atoms with van der Waals surface area (Å²) in [6.45, 7) is 2.36. The van der Waals surface area contributed by atoms with Gasteiger partial charge in [-0.1, -0.05) is 36.8 Å². The second-order valence-corrected chi connectivity index (χ2v) is 11.2. The minimum Gasteiger partial charge on any atom is -0.353 e. The molecule has 0 spiro atoms. The van der Waals surface area contributed by atoms with Gasteiger partial charge in [0.15, 0.2) is 0 Å². The monoisotopic (exact) mass is 498 g/mol. The summed E-state index contributed by atoms with van der Waals surface area (Å²) in [5.74, 6) is -0.0257. The molecule has 188 valence electrons. The number of piperidine rings is 2. The van der Waals surface area contributed by atoms with Crippen LogP contribution < -0.4 is 10.6 Å². The van der Waals surface area contributed by atoms with E-state index in [1.54, 1.807) is 33.5 Å². The van der Waals surface area contributed by atoms with E-state index in [2.05, 4.69) is 10.6 Å². The van der Waals surface area contributed by atoms with E-state index >= 15 is 0 Å². The predicted octanol–water partition coefficient (Wildman–Crippen LogP) is 3.61. The topological polar surface area (TPSA) is 98.8 Å². The second kappa shape index (κ2) is 11.7. The summed E-state index contributed by atoms with van der Waals surface area (Å²) in [7, 11) is -3.44. The van der Waals surface area contributed by atoms with Crippen LogP contribution in [0.4, 0.5) is 10.5 Å². The molecule has 2 aromatic carbocycles. The fourth-order valence-corrected chi connectivity index (χ4v) is 6.11. The number of anilines is 1. The lowest BCUT2D eigenvalue weighted by Gasteiger charge is -2.32. The van der Waals surface area contributed by atoms with Crippen molar-refractivity contribution in [2.75, 3.05) is 31.5 Å². The molecule has 0 radical (unpaired) electrons. The average Bonchev–Trinajstić information content (AvgIpc) is 2.89. The van der Waals surface area contributed by atoms with Crippen molar-refractivity contribution in [3.8, 4) is 0 Å². The van der Waals surface area contributed by atoms with Crippen LogP contribution in [0.5, 0.6) is 0 Å². The summed E-state index contributed by atoms with van der Waals surface area (Å²) in [6.07, 6.45) is 5.23. The summed E-state index contributed by atoms with van der Waals surface area (Å²) in [5.41, 5.74) is 1.70. The van der Waals surface area contributed by atoms with Gasteiger partial charge < -0.3 is 15.5 Å². The van der Waals surface area contributed by atoms with Gasteiger partial charge in [0.05, 0.1) is 4.90 Å². The van der Waals surface area contributed by atoms with Crippen LogP contribution in [0.2, 0.25) is 0 Å². The Kier molecular flexibility index (Phi) is 8.41. The summed E-state index contributed by atoms with van der Waals surface area (Å²) >= 11 is 0. The smallest absolute Gasteiger partial charge is 0.321 e. The van der Waals surface area contributed by atoms with Crippen LogP contribution in [-0.4, -0.2) is 61.8 Å². The second-order valence-electron chi connectivity index (χ2n) is 9.23. The number of urea groups is 1. The lowest BCUT2D eigenvalue weighted by molar-refractivity contribution is -0.122. The molecular formula is C26H34N4O4S. The molecule has 0 unspecified atom stereocenters. The summed E-state index contributed by atoms with van der Waals surface area (Å²) < 4.78 is 27.1. The van der Waals surface area contributed by atoms with Crippen molar-refractivity contribution in [2.24, 2.45) is 0 Å². The number of rotatable bonds is 7. The van der Waals surface area contributed by atoms with Crippen LogP contribution in [0.25, 0.3) is 0 Å². The number of carbonyl (C=O) groups is 2. The van der Waals surface area contributed by atoms with Crippen LogP contribution in [0.15, 0.2) is 59.5 Å². The Hall–Kier alpha value is -2.91. The van der Waals surface area contributed by atoms with Crippen molar-refractivity contribution in [3.63, 3.8) is 0 Å². The Labute approximate surface area is 207 Å². The molecule has 0 saturated carbocycles. The van der Waals surface area contributed by atoms with E-state index in [0.717, 1.165) is 43.4 Å². The number of sulfonamides is 1. The first-order valence-corrected chi connectivity index (χ1v) is 13.9. The maximum absolute atomic E-state index is 12.8. The molecule has 0 aromatic heterocycles. The van der Waals surface area contributed by atoms with Crippen LogP contribution in [-0.2, 0) is 21.2 Å². The molecule has 0 bridgehead atoms. The van der Waals surface area contributed by atoms with Gasteiger partial charge in [-0.15, -0.1) is 0 Å². The maximum atomic E-state index is 12.8. The van der Waals surface area contributed by atoms with Gasteiger partial charge in [0.1, 0.15) is 0 Å². The standard InChI is InChI=1S/C26H34N4O4S/c31-25(27-23-15-19-29(20-16-23)26(32)28-22-7-3-1-4-8-22)14-11-21-9-12-24(13-10-21)35(33,34)30-17-5-2-6-18-30/h1,3-4,7-10,12-13,23H,2,5-6,11,14-20H2,(H,27,31)(H,28,32). The molecule has 2 N–H and O–H groups in total. The lowest BCUT2D eigenvalue weighted by Crippen LogP contribution is -2.47. The fourth-order valence-electron chi connectivity index (χ4n) is 4.59. The molecule has 2 saturated heterocycles. The predicted molar refractivity (Wildman–Crippen MR) is 136 cm³/mol. The van der Waals surface area contributed by atoms with E-state index in [0.29, 0.717) is 43.9 Å². The highest BCUT2D eigenvalue weighted by Crippen LogP contribution is 2.21. The first kappa shape index (κ1) is 25.2. The number of benzene rings is 2. The van der Waals surface area contributed by atoms with E-state index in [1.165, 1.54) is 0 Å². The molecule has 2 aromatic rings. The third kappa shape index (κ3) is 6.82. The summed E-state index contributed by atoms with van der Waals surface area (Å²) in [4.78, 5) is 27.0. The van der Waals surface area contributed by atoms with Gasteiger partial charge in [0, 0.05) is 44.3 Å². The van der Waals surface area contributed by atoms with Crippen LogP contribution in [0, 0.1) is 0 Å². The molecule has 8 nitrogen and oxygen atoms in total. The quantitative estimate of drug-likeness (QED) is 0.609. The van der Waals surface area contributed by atoms with Gasteiger partial charge in [0.25, 0.3) is 0 Å². The van der Waals surface area contributed by atoms with Crippen molar-refractivity contribution >= 4 is 27.6 Å². The number of hydrogen-bond donors (Lipinski definition) is 2. The van der Waals surface area contributed by atoms with E-state index < -0.39 is 10.0 Å². The Morgan fingerprint density at radius 2 is 1.51 bits per heavy atom. The highest BCUT2D eigenvalue weighted by atomic mass is 32.2. The van der Waals surface area contributed by atoms with Crippen molar-refractivity contribution in [2.45, 2.75) is 55.9 Å². The number of carbonyl (C=O) groups excluding carboxylic acids is 2. The zero-order chi connectivity index (χ0) is 24.7. The minimum absolute atomic E-state index is 0.0257. The first-order valence-electron chi connectivity index (χ1n) is 12.4. The number of para-hydroxylation sites is 1. The molecule has 0 aliphatic carbocycles. The van der Waals surface area contributed by atoms with Gasteiger partial charge in [0.2, 0.25) is 15.9 Å². The highest BCUT2D eigenvalue weighted by Gasteiger charge is 2.26. The SMILES string of the molecule is O=C(CCc1ccc(S(=O)(=O)N2CCCCC2)cc1)NC1CCN(C(=O)Nc2ccccc2)CC1. The van der Waals surface area contributed by atoms with Crippen molar-refractivity contribution in [3.05, 3.63) is 60.2 Å². The van der Waals surface area contributed by atoms with Crippen molar-refractivity contribution < 1.29 is 18.0 Å². The number of amides is 3. The molecule has 2 aliphatic rings. The molecule has 4 rings (SSSR count). The van der Waals surface area contributed by atoms with Crippen molar-refractivity contribution in [1.82, 2.24) is 14.5 Å². The Morgan fingerprint density at radius 1 is 0.857 bits per heavy atom. The van der Waals surface area contributed by atoms with Gasteiger partial charge in [-0.05, 0) is 61.9 Å². The third-order valence-corrected chi connectivity index (χ3v) is 8.60. The van der Waals surface area contributed by atoms with Gasteiger partial charge in [-0.25, -0.2) is 13.2 Å². The van der Waals surface area contributed by atoms with Crippen molar-refractivity contribution in [1.29, 1.82) is 0 Å². The number of hydrogen-bond acceptors (Lipinski definition) is 4. The van der Waals surface area contributed by atoms with Gasteiger partial charge in [-0.3, -0.25) is 4.79 Å². The summed E-state index contributed by atoms with van der Waals surface area (Å²) in [6, 6.07) is 16.2. The van der Waals surface area contributed by atoms with Gasteiger partial charge >= 0.3 is 6.03 Å².